The molecular weight excluding hydrogens is 360 g/mol. The first-order valence-corrected chi connectivity index (χ1v) is 7.98. The summed E-state index contributed by atoms with van der Waals surface area (Å²) in [6.07, 6.45) is 0. The number of halogens is 1. The average Bonchev–Trinajstić information content (AvgIpc) is 2.86. The number of carbonyl (C=O) groups is 1. The van der Waals surface area contributed by atoms with Gasteiger partial charge in [-0.2, -0.15) is 5.10 Å². The summed E-state index contributed by atoms with van der Waals surface area (Å²) >= 11 is 3.43. The Labute approximate surface area is 141 Å². The molecule has 0 unspecified atom stereocenters. The minimum Gasteiger partial charge on any atom is -0.461 e. The van der Waals surface area contributed by atoms with Crippen LogP contribution in [0.2, 0.25) is 0 Å². The minimum absolute atomic E-state index is 0.184. The quantitative estimate of drug-likeness (QED) is 0.657. The minimum atomic E-state index is -0.488. The summed E-state index contributed by atoms with van der Waals surface area (Å²) in [5.41, 5.74) is 4.15. The normalized spacial score (nSPS) is 11.0. The van der Waals surface area contributed by atoms with Gasteiger partial charge in [0.15, 0.2) is 11.3 Å². The van der Waals surface area contributed by atoms with Crippen molar-refractivity contribution >= 4 is 27.5 Å². The van der Waals surface area contributed by atoms with E-state index in [-0.39, 0.29) is 5.69 Å². The largest absolute Gasteiger partial charge is 0.461 e. The number of hydrogen-bond donors (Lipinski definition) is 0. The van der Waals surface area contributed by atoms with E-state index >= 15 is 0 Å². The van der Waals surface area contributed by atoms with Crippen LogP contribution in [0, 0.1) is 13.8 Å². The van der Waals surface area contributed by atoms with Crippen LogP contribution in [0.4, 0.5) is 0 Å². The van der Waals surface area contributed by atoms with Gasteiger partial charge in [-0.25, -0.2) is 9.31 Å². The van der Waals surface area contributed by atoms with Crippen LogP contribution in [0.5, 0.6) is 0 Å². The fourth-order valence-electron chi connectivity index (χ4n) is 2.45. The first-order valence-electron chi connectivity index (χ1n) is 7.18. The molecule has 6 nitrogen and oxygen atoms in total. The second-order valence-corrected chi connectivity index (χ2v) is 5.97. The Balaban J connectivity index is 2.19. The lowest BCUT2D eigenvalue weighted by molar-refractivity contribution is 0.0516. The third-order valence-electron chi connectivity index (χ3n) is 3.54. The SMILES string of the molecule is CCOC(=O)c1nnc2c(-c3ccc(Br)cc3)c(C)nn2c1C. The smallest absolute Gasteiger partial charge is 0.360 e. The molecule has 23 heavy (non-hydrogen) atoms. The Bertz CT molecular complexity index is 887. The fraction of sp³-hybridized carbons (Fsp3) is 0.250. The lowest BCUT2D eigenvalue weighted by Gasteiger charge is -2.05. The van der Waals surface area contributed by atoms with E-state index in [1.807, 2.05) is 31.2 Å². The topological polar surface area (TPSA) is 69.4 Å². The summed E-state index contributed by atoms with van der Waals surface area (Å²) in [5.74, 6) is -0.488. The number of fused-ring (bicyclic) bond motifs is 1. The maximum Gasteiger partial charge on any atom is 0.360 e. The molecule has 0 saturated heterocycles. The number of carbonyl (C=O) groups excluding carboxylic acids is 1. The van der Waals surface area contributed by atoms with Crippen molar-refractivity contribution in [1.29, 1.82) is 0 Å². The first-order chi connectivity index (χ1) is 11.0. The molecule has 0 aliphatic carbocycles. The number of nitrogens with zero attached hydrogens (tertiary/aromatic N) is 4. The standard InChI is InChI=1S/C16H15BrN4O2/c1-4-23-16(22)14-10(3)21-15(19-18-14)13(9(2)20-21)11-5-7-12(17)8-6-11/h5-8H,4H2,1-3H3. The zero-order valence-corrected chi connectivity index (χ0v) is 14.6. The van der Waals surface area contributed by atoms with Crippen molar-refractivity contribution in [1.82, 2.24) is 19.8 Å². The monoisotopic (exact) mass is 374 g/mol. The highest BCUT2D eigenvalue weighted by Crippen LogP contribution is 2.28. The maximum absolute atomic E-state index is 11.9. The van der Waals surface area contributed by atoms with Gasteiger partial charge in [-0.1, -0.05) is 28.1 Å². The molecule has 3 aromatic rings. The predicted molar refractivity (Wildman–Crippen MR) is 89.3 cm³/mol. The number of rotatable bonds is 3. The van der Waals surface area contributed by atoms with Crippen LogP contribution in [0.15, 0.2) is 28.7 Å². The summed E-state index contributed by atoms with van der Waals surface area (Å²) in [6, 6.07) is 7.91. The summed E-state index contributed by atoms with van der Waals surface area (Å²) in [4.78, 5) is 11.9. The third kappa shape index (κ3) is 2.72. The van der Waals surface area contributed by atoms with E-state index in [1.165, 1.54) is 0 Å². The highest BCUT2D eigenvalue weighted by Gasteiger charge is 2.20. The Morgan fingerprint density at radius 1 is 1.22 bits per heavy atom. The molecular formula is C16H15BrN4O2. The molecule has 2 aromatic heterocycles. The van der Waals surface area contributed by atoms with Gasteiger partial charge in [0.05, 0.1) is 23.6 Å². The highest BCUT2D eigenvalue weighted by molar-refractivity contribution is 9.10. The van der Waals surface area contributed by atoms with Crippen molar-refractivity contribution in [2.75, 3.05) is 6.61 Å². The molecule has 0 fully saturated rings. The number of hydrogen-bond acceptors (Lipinski definition) is 5. The van der Waals surface area contributed by atoms with Gasteiger partial charge in [-0.15, -0.1) is 10.2 Å². The zero-order valence-electron chi connectivity index (χ0n) is 13.0. The average molecular weight is 375 g/mol. The Hall–Kier alpha value is -2.28. The van der Waals surface area contributed by atoms with E-state index in [1.54, 1.807) is 18.4 Å². The van der Waals surface area contributed by atoms with Gasteiger partial charge in [0, 0.05) is 4.47 Å². The predicted octanol–water partition coefficient (Wildman–Crippen LogP) is 3.35. The molecule has 118 valence electrons. The van der Waals surface area contributed by atoms with Gasteiger partial charge in [0.25, 0.3) is 0 Å². The van der Waals surface area contributed by atoms with E-state index in [2.05, 4.69) is 31.2 Å². The van der Waals surface area contributed by atoms with E-state index in [9.17, 15) is 4.79 Å². The molecule has 0 aliphatic heterocycles. The third-order valence-corrected chi connectivity index (χ3v) is 4.07. The number of ether oxygens (including phenoxy) is 1. The van der Waals surface area contributed by atoms with Crippen LogP contribution in [0.1, 0.15) is 28.8 Å². The Morgan fingerprint density at radius 3 is 2.57 bits per heavy atom. The molecule has 2 heterocycles. The number of benzene rings is 1. The van der Waals surface area contributed by atoms with Crippen molar-refractivity contribution in [3.05, 3.63) is 45.8 Å². The molecule has 3 rings (SSSR count). The van der Waals surface area contributed by atoms with Gasteiger partial charge in [-0.3, -0.25) is 0 Å². The maximum atomic E-state index is 11.9. The van der Waals surface area contributed by atoms with E-state index in [0.717, 1.165) is 21.3 Å². The van der Waals surface area contributed by atoms with Gasteiger partial charge < -0.3 is 4.74 Å². The summed E-state index contributed by atoms with van der Waals surface area (Å²) in [7, 11) is 0. The molecule has 0 bridgehead atoms. The molecule has 7 heteroatoms. The van der Waals surface area contributed by atoms with E-state index in [4.69, 9.17) is 4.74 Å². The van der Waals surface area contributed by atoms with Gasteiger partial charge >= 0.3 is 5.97 Å². The van der Waals surface area contributed by atoms with E-state index < -0.39 is 5.97 Å². The van der Waals surface area contributed by atoms with Crippen LogP contribution in [0.25, 0.3) is 16.8 Å². The lowest BCUT2D eigenvalue weighted by atomic mass is 10.1. The van der Waals surface area contributed by atoms with Crippen molar-refractivity contribution in [2.45, 2.75) is 20.8 Å². The summed E-state index contributed by atoms with van der Waals surface area (Å²) in [6.45, 7) is 5.74. The molecule has 0 spiro atoms. The molecule has 0 radical (unpaired) electrons. The fourth-order valence-corrected chi connectivity index (χ4v) is 2.72. The Kier molecular flexibility index (Phi) is 4.12. The number of aromatic nitrogens is 4. The van der Waals surface area contributed by atoms with Crippen LogP contribution in [-0.2, 0) is 4.74 Å². The number of esters is 1. The zero-order chi connectivity index (χ0) is 16.6. The molecule has 0 atom stereocenters. The van der Waals surface area contributed by atoms with Crippen molar-refractivity contribution < 1.29 is 9.53 Å². The van der Waals surface area contributed by atoms with Crippen LogP contribution >= 0.6 is 15.9 Å². The lowest BCUT2D eigenvalue weighted by Crippen LogP contribution is -2.14. The summed E-state index contributed by atoms with van der Waals surface area (Å²) in [5, 5.41) is 12.8. The van der Waals surface area contributed by atoms with Crippen LogP contribution < -0.4 is 0 Å². The van der Waals surface area contributed by atoms with Crippen molar-refractivity contribution in [3.8, 4) is 11.1 Å². The first kappa shape index (κ1) is 15.6. The van der Waals surface area contributed by atoms with Crippen LogP contribution in [-0.4, -0.2) is 32.4 Å². The summed E-state index contributed by atoms with van der Waals surface area (Å²) < 4.78 is 7.65. The second kappa shape index (κ2) is 6.08. The molecule has 0 saturated carbocycles. The van der Waals surface area contributed by atoms with Gasteiger partial charge in [-0.05, 0) is 38.5 Å². The molecule has 0 amide bonds. The van der Waals surface area contributed by atoms with Crippen molar-refractivity contribution in [3.63, 3.8) is 0 Å². The second-order valence-electron chi connectivity index (χ2n) is 5.06. The molecule has 0 aliphatic rings. The Morgan fingerprint density at radius 2 is 1.91 bits per heavy atom. The van der Waals surface area contributed by atoms with Gasteiger partial charge in [0.2, 0.25) is 0 Å². The molecule has 1 aromatic carbocycles. The van der Waals surface area contributed by atoms with Gasteiger partial charge in [0.1, 0.15) is 0 Å². The van der Waals surface area contributed by atoms with Crippen LogP contribution in [0.3, 0.4) is 0 Å². The van der Waals surface area contributed by atoms with E-state index in [0.29, 0.717) is 17.9 Å². The van der Waals surface area contributed by atoms with Crippen molar-refractivity contribution in [2.24, 2.45) is 0 Å². The molecule has 0 N–H and O–H groups in total. The highest BCUT2D eigenvalue weighted by atomic mass is 79.9. The number of aryl methyl sites for hydroxylation is 2.